The molecule has 7 nitrogen and oxygen atoms in total. The molecule has 1 saturated heterocycles. The van der Waals surface area contributed by atoms with E-state index in [-0.39, 0.29) is 11.8 Å². The monoisotopic (exact) mass is 368 g/mol. The van der Waals surface area contributed by atoms with E-state index in [4.69, 9.17) is 4.74 Å². The van der Waals surface area contributed by atoms with Crippen molar-refractivity contribution in [3.8, 4) is 0 Å². The Hall–Kier alpha value is -2.77. The van der Waals surface area contributed by atoms with Crippen molar-refractivity contribution in [3.05, 3.63) is 53.2 Å². The summed E-state index contributed by atoms with van der Waals surface area (Å²) in [4.78, 5) is 30.7. The van der Waals surface area contributed by atoms with Gasteiger partial charge in [-0.05, 0) is 36.8 Å². The van der Waals surface area contributed by atoms with Crippen LogP contribution in [0.3, 0.4) is 0 Å². The van der Waals surface area contributed by atoms with Gasteiger partial charge in [0.1, 0.15) is 5.82 Å². The number of hydrogen-bond donors (Lipinski definition) is 2. The second-order valence-corrected chi connectivity index (χ2v) is 6.57. The molecular weight excluding hydrogens is 344 g/mol. The molecule has 0 bridgehead atoms. The standard InChI is InChI=1S/C20H24N4O3/c1-14-6-7-16(12-18(14)21-15(2)25)20(26)23-19-5-3-4-17(22-19)13-24-8-10-27-11-9-24/h3-7,12H,8-11,13H2,1-2H3,(H,21,25)(H,22,23,26). The molecule has 1 aromatic heterocycles. The Balaban J connectivity index is 1.68. The second-order valence-electron chi connectivity index (χ2n) is 6.57. The van der Waals surface area contributed by atoms with Crippen molar-refractivity contribution in [2.45, 2.75) is 20.4 Å². The normalized spacial score (nSPS) is 14.6. The fourth-order valence-electron chi connectivity index (χ4n) is 2.90. The van der Waals surface area contributed by atoms with Gasteiger partial charge in [0, 0.05) is 37.8 Å². The molecular formula is C20H24N4O3. The van der Waals surface area contributed by atoms with E-state index >= 15 is 0 Å². The predicted octanol–water partition coefficient (Wildman–Crippen LogP) is 2.43. The third-order valence-electron chi connectivity index (χ3n) is 4.35. The molecule has 0 atom stereocenters. The van der Waals surface area contributed by atoms with Crippen LogP contribution < -0.4 is 10.6 Å². The minimum Gasteiger partial charge on any atom is -0.379 e. The first kappa shape index (κ1) is 19.0. The van der Waals surface area contributed by atoms with Crippen LogP contribution in [0.25, 0.3) is 0 Å². The molecule has 0 spiro atoms. The Morgan fingerprint density at radius 2 is 1.93 bits per heavy atom. The highest BCUT2D eigenvalue weighted by Gasteiger charge is 2.13. The number of pyridine rings is 1. The van der Waals surface area contributed by atoms with Gasteiger partial charge in [-0.3, -0.25) is 14.5 Å². The highest BCUT2D eigenvalue weighted by atomic mass is 16.5. The Kier molecular flexibility index (Phi) is 6.16. The van der Waals surface area contributed by atoms with Crippen molar-refractivity contribution in [2.75, 3.05) is 36.9 Å². The Bertz CT molecular complexity index is 832. The van der Waals surface area contributed by atoms with Gasteiger partial charge in [0.15, 0.2) is 0 Å². The van der Waals surface area contributed by atoms with E-state index in [9.17, 15) is 9.59 Å². The molecule has 2 aromatic rings. The summed E-state index contributed by atoms with van der Waals surface area (Å²) in [5.41, 5.74) is 2.89. The van der Waals surface area contributed by atoms with Crippen LogP contribution in [0.1, 0.15) is 28.5 Å². The highest BCUT2D eigenvalue weighted by molar-refractivity contribution is 6.05. The zero-order valence-corrected chi connectivity index (χ0v) is 15.6. The zero-order valence-electron chi connectivity index (χ0n) is 15.6. The van der Waals surface area contributed by atoms with E-state index in [0.717, 1.165) is 44.1 Å². The molecule has 0 aliphatic carbocycles. The summed E-state index contributed by atoms with van der Waals surface area (Å²) >= 11 is 0. The molecule has 0 saturated carbocycles. The van der Waals surface area contributed by atoms with E-state index in [0.29, 0.717) is 17.1 Å². The molecule has 2 N–H and O–H groups in total. The SMILES string of the molecule is CC(=O)Nc1cc(C(=O)Nc2cccc(CN3CCOCC3)n2)ccc1C. The third-order valence-corrected chi connectivity index (χ3v) is 4.35. The molecule has 142 valence electrons. The van der Waals surface area contributed by atoms with Crippen LogP contribution >= 0.6 is 0 Å². The van der Waals surface area contributed by atoms with E-state index in [1.54, 1.807) is 18.2 Å². The summed E-state index contributed by atoms with van der Waals surface area (Å²) in [6, 6.07) is 10.8. The average molecular weight is 368 g/mol. The smallest absolute Gasteiger partial charge is 0.256 e. The van der Waals surface area contributed by atoms with Crippen molar-refractivity contribution < 1.29 is 14.3 Å². The minimum atomic E-state index is -0.266. The number of rotatable bonds is 5. The first-order valence-corrected chi connectivity index (χ1v) is 8.97. The van der Waals surface area contributed by atoms with Crippen LogP contribution in [0.15, 0.2) is 36.4 Å². The van der Waals surface area contributed by atoms with Crippen LogP contribution in [-0.2, 0) is 16.1 Å². The number of anilines is 2. The second kappa shape index (κ2) is 8.75. The van der Waals surface area contributed by atoms with Gasteiger partial charge in [-0.25, -0.2) is 4.98 Å². The number of nitrogens with one attached hydrogen (secondary N) is 2. The molecule has 1 aliphatic rings. The highest BCUT2D eigenvalue weighted by Crippen LogP contribution is 2.18. The maximum absolute atomic E-state index is 12.6. The average Bonchev–Trinajstić information content (AvgIpc) is 2.64. The van der Waals surface area contributed by atoms with Gasteiger partial charge in [0.2, 0.25) is 5.91 Å². The fourth-order valence-corrected chi connectivity index (χ4v) is 2.90. The number of ether oxygens (including phenoxy) is 1. The Morgan fingerprint density at radius 1 is 1.15 bits per heavy atom. The van der Waals surface area contributed by atoms with Crippen molar-refractivity contribution in [1.29, 1.82) is 0 Å². The quantitative estimate of drug-likeness (QED) is 0.847. The molecule has 1 aliphatic heterocycles. The maximum atomic E-state index is 12.6. The lowest BCUT2D eigenvalue weighted by Crippen LogP contribution is -2.35. The fraction of sp³-hybridized carbons (Fsp3) is 0.350. The van der Waals surface area contributed by atoms with Gasteiger partial charge in [0.05, 0.1) is 18.9 Å². The minimum absolute atomic E-state index is 0.173. The van der Waals surface area contributed by atoms with E-state index in [1.165, 1.54) is 6.92 Å². The number of carbonyl (C=O) groups excluding carboxylic acids is 2. The molecule has 0 unspecified atom stereocenters. The summed E-state index contributed by atoms with van der Waals surface area (Å²) in [5, 5.41) is 5.57. The van der Waals surface area contributed by atoms with Crippen molar-refractivity contribution in [2.24, 2.45) is 0 Å². The number of nitrogens with zero attached hydrogens (tertiary/aromatic N) is 2. The summed E-state index contributed by atoms with van der Waals surface area (Å²) in [6.07, 6.45) is 0. The summed E-state index contributed by atoms with van der Waals surface area (Å²) in [5.74, 6) is 0.0678. The lowest BCUT2D eigenvalue weighted by molar-refractivity contribution is -0.114. The van der Waals surface area contributed by atoms with Crippen LogP contribution in [0, 0.1) is 6.92 Å². The van der Waals surface area contributed by atoms with Crippen LogP contribution in [-0.4, -0.2) is 48.0 Å². The van der Waals surface area contributed by atoms with E-state index < -0.39 is 0 Å². The van der Waals surface area contributed by atoms with Gasteiger partial charge in [0.25, 0.3) is 5.91 Å². The molecule has 0 radical (unpaired) electrons. The van der Waals surface area contributed by atoms with Gasteiger partial charge >= 0.3 is 0 Å². The largest absolute Gasteiger partial charge is 0.379 e. The molecule has 27 heavy (non-hydrogen) atoms. The van der Waals surface area contributed by atoms with Crippen LogP contribution in [0.2, 0.25) is 0 Å². The number of amides is 2. The Labute approximate surface area is 158 Å². The Morgan fingerprint density at radius 3 is 2.67 bits per heavy atom. The van der Waals surface area contributed by atoms with Crippen molar-refractivity contribution >= 4 is 23.3 Å². The van der Waals surface area contributed by atoms with Gasteiger partial charge in [-0.1, -0.05) is 12.1 Å². The number of benzene rings is 1. The topological polar surface area (TPSA) is 83.6 Å². The lowest BCUT2D eigenvalue weighted by atomic mass is 10.1. The van der Waals surface area contributed by atoms with Crippen LogP contribution in [0.5, 0.6) is 0 Å². The summed E-state index contributed by atoms with van der Waals surface area (Å²) in [6.45, 7) is 7.28. The zero-order chi connectivity index (χ0) is 19.2. The van der Waals surface area contributed by atoms with Gasteiger partial charge in [-0.2, -0.15) is 0 Å². The molecule has 2 amide bonds. The van der Waals surface area contributed by atoms with Crippen molar-refractivity contribution in [3.63, 3.8) is 0 Å². The predicted molar refractivity (Wildman–Crippen MR) is 104 cm³/mol. The number of carbonyl (C=O) groups is 2. The third kappa shape index (κ3) is 5.35. The molecule has 1 fully saturated rings. The molecule has 3 rings (SSSR count). The maximum Gasteiger partial charge on any atom is 0.256 e. The number of hydrogen-bond acceptors (Lipinski definition) is 5. The molecule has 7 heteroatoms. The first-order valence-electron chi connectivity index (χ1n) is 8.97. The van der Waals surface area contributed by atoms with Gasteiger partial charge < -0.3 is 15.4 Å². The molecule has 1 aromatic carbocycles. The summed E-state index contributed by atoms with van der Waals surface area (Å²) in [7, 11) is 0. The van der Waals surface area contributed by atoms with Gasteiger partial charge in [-0.15, -0.1) is 0 Å². The lowest BCUT2D eigenvalue weighted by Gasteiger charge is -2.26. The number of morpholine rings is 1. The number of aryl methyl sites for hydroxylation is 1. The summed E-state index contributed by atoms with van der Waals surface area (Å²) < 4.78 is 5.36. The van der Waals surface area contributed by atoms with Crippen molar-refractivity contribution in [1.82, 2.24) is 9.88 Å². The number of aromatic nitrogens is 1. The van der Waals surface area contributed by atoms with E-state index in [1.807, 2.05) is 25.1 Å². The first-order chi connectivity index (χ1) is 13.0. The van der Waals surface area contributed by atoms with Crippen LogP contribution in [0.4, 0.5) is 11.5 Å². The van der Waals surface area contributed by atoms with E-state index in [2.05, 4.69) is 20.5 Å². The molecule has 2 heterocycles.